The summed E-state index contributed by atoms with van der Waals surface area (Å²) in [6.07, 6.45) is 2.27. The number of likely N-dealkylation sites (tertiary alicyclic amines) is 1. The Morgan fingerprint density at radius 3 is 2.55 bits per heavy atom. The Morgan fingerprint density at radius 1 is 1.40 bits per heavy atom. The number of nitrogens with zero attached hydrogens (tertiary/aromatic N) is 3. The van der Waals surface area contributed by atoms with Gasteiger partial charge >= 0.3 is 5.97 Å². The summed E-state index contributed by atoms with van der Waals surface area (Å²) >= 11 is 6.40. The SMILES string of the molecule is CCc1nn(CC)c(CN2CCC(C(=O)O)CC2)c1Cl. The van der Waals surface area contributed by atoms with Gasteiger partial charge in [0.05, 0.1) is 22.3 Å². The summed E-state index contributed by atoms with van der Waals surface area (Å²) in [5.74, 6) is -0.862. The fourth-order valence-corrected chi connectivity index (χ4v) is 3.05. The highest BCUT2D eigenvalue weighted by Gasteiger charge is 2.26. The summed E-state index contributed by atoms with van der Waals surface area (Å²) in [6.45, 7) is 7.29. The van der Waals surface area contributed by atoms with E-state index >= 15 is 0 Å². The maximum absolute atomic E-state index is 11.0. The number of hydrogen-bond acceptors (Lipinski definition) is 3. The zero-order valence-electron chi connectivity index (χ0n) is 12.1. The van der Waals surface area contributed by atoms with Crippen molar-refractivity contribution in [2.45, 2.75) is 46.2 Å². The van der Waals surface area contributed by atoms with Crippen LogP contribution in [-0.2, 0) is 24.3 Å². The summed E-state index contributed by atoms with van der Waals surface area (Å²) in [5.41, 5.74) is 2.00. The highest BCUT2D eigenvalue weighted by Crippen LogP contribution is 2.25. The second-order valence-corrected chi connectivity index (χ2v) is 5.64. The van der Waals surface area contributed by atoms with Crippen molar-refractivity contribution in [2.24, 2.45) is 5.92 Å². The molecule has 1 N–H and O–H groups in total. The van der Waals surface area contributed by atoms with Gasteiger partial charge < -0.3 is 5.11 Å². The zero-order chi connectivity index (χ0) is 14.7. The molecule has 0 bridgehead atoms. The highest BCUT2D eigenvalue weighted by atomic mass is 35.5. The molecule has 1 aromatic rings. The Labute approximate surface area is 124 Å². The second kappa shape index (κ2) is 6.59. The van der Waals surface area contributed by atoms with Crippen LogP contribution < -0.4 is 0 Å². The van der Waals surface area contributed by atoms with Gasteiger partial charge in [-0.15, -0.1) is 0 Å². The minimum atomic E-state index is -0.672. The standard InChI is InChI=1S/C14H22ClN3O2/c1-3-11-13(15)12(18(4-2)16-11)9-17-7-5-10(6-8-17)14(19)20/h10H,3-9H2,1-2H3,(H,19,20). The van der Waals surface area contributed by atoms with Crippen LogP contribution in [0.4, 0.5) is 0 Å². The number of aryl methyl sites for hydroxylation is 2. The highest BCUT2D eigenvalue weighted by molar-refractivity contribution is 6.31. The van der Waals surface area contributed by atoms with Gasteiger partial charge in [-0.3, -0.25) is 14.4 Å². The quantitative estimate of drug-likeness (QED) is 0.907. The number of carbonyl (C=O) groups is 1. The van der Waals surface area contributed by atoms with Gasteiger partial charge in [-0.1, -0.05) is 18.5 Å². The first kappa shape index (κ1) is 15.3. The lowest BCUT2D eigenvalue weighted by Gasteiger charge is -2.30. The van der Waals surface area contributed by atoms with E-state index in [1.807, 2.05) is 4.68 Å². The molecule has 0 saturated carbocycles. The third-order valence-electron chi connectivity index (χ3n) is 4.00. The van der Waals surface area contributed by atoms with Gasteiger partial charge in [0.2, 0.25) is 0 Å². The molecule has 112 valence electrons. The Balaban J connectivity index is 2.04. The number of aromatic nitrogens is 2. The van der Waals surface area contributed by atoms with E-state index in [-0.39, 0.29) is 5.92 Å². The molecular formula is C14H22ClN3O2. The van der Waals surface area contributed by atoms with Crippen molar-refractivity contribution in [3.63, 3.8) is 0 Å². The van der Waals surface area contributed by atoms with Gasteiger partial charge in [0.1, 0.15) is 0 Å². The molecule has 2 heterocycles. The first-order valence-electron chi connectivity index (χ1n) is 7.26. The topological polar surface area (TPSA) is 58.4 Å². The van der Waals surface area contributed by atoms with E-state index < -0.39 is 5.97 Å². The third kappa shape index (κ3) is 3.15. The van der Waals surface area contributed by atoms with Crippen molar-refractivity contribution in [3.05, 3.63) is 16.4 Å². The molecule has 20 heavy (non-hydrogen) atoms. The first-order valence-corrected chi connectivity index (χ1v) is 7.63. The van der Waals surface area contributed by atoms with Gasteiger partial charge in [-0.2, -0.15) is 5.10 Å². The molecule has 1 fully saturated rings. The molecule has 1 saturated heterocycles. The number of halogens is 1. The van der Waals surface area contributed by atoms with Crippen LogP contribution in [0.3, 0.4) is 0 Å². The molecule has 0 aromatic carbocycles. The fourth-order valence-electron chi connectivity index (χ4n) is 2.72. The second-order valence-electron chi connectivity index (χ2n) is 5.27. The summed E-state index contributed by atoms with van der Waals surface area (Å²) in [5, 5.41) is 14.3. The van der Waals surface area contributed by atoms with Crippen LogP contribution in [0, 0.1) is 5.92 Å². The number of piperidine rings is 1. The average molecular weight is 300 g/mol. The molecule has 1 aliphatic rings. The van der Waals surface area contributed by atoms with Crippen LogP contribution in [0.2, 0.25) is 5.02 Å². The van der Waals surface area contributed by atoms with E-state index in [2.05, 4.69) is 23.8 Å². The fraction of sp³-hybridized carbons (Fsp3) is 0.714. The molecule has 0 atom stereocenters. The van der Waals surface area contributed by atoms with Crippen LogP contribution in [0.1, 0.15) is 38.1 Å². The Morgan fingerprint density at radius 2 is 2.05 bits per heavy atom. The molecule has 0 aliphatic carbocycles. The smallest absolute Gasteiger partial charge is 0.306 e. The Kier molecular flexibility index (Phi) is 5.05. The number of carboxylic acids is 1. The van der Waals surface area contributed by atoms with E-state index in [0.29, 0.717) is 12.8 Å². The number of rotatable bonds is 5. The van der Waals surface area contributed by atoms with Crippen molar-refractivity contribution in [2.75, 3.05) is 13.1 Å². The Bertz CT molecular complexity index is 479. The maximum atomic E-state index is 11.0. The van der Waals surface area contributed by atoms with E-state index in [1.165, 1.54) is 0 Å². The van der Waals surface area contributed by atoms with Crippen LogP contribution in [0.5, 0.6) is 0 Å². The van der Waals surface area contributed by atoms with Gasteiger partial charge in [0.25, 0.3) is 0 Å². The molecule has 2 rings (SSSR count). The maximum Gasteiger partial charge on any atom is 0.306 e. The molecule has 0 amide bonds. The molecule has 5 nitrogen and oxygen atoms in total. The van der Waals surface area contributed by atoms with E-state index in [0.717, 1.165) is 49.0 Å². The van der Waals surface area contributed by atoms with Gasteiger partial charge in [0, 0.05) is 13.1 Å². The zero-order valence-corrected chi connectivity index (χ0v) is 12.9. The summed E-state index contributed by atoms with van der Waals surface area (Å²) in [7, 11) is 0. The summed E-state index contributed by atoms with van der Waals surface area (Å²) in [6, 6.07) is 0. The van der Waals surface area contributed by atoms with Crippen LogP contribution >= 0.6 is 11.6 Å². The number of hydrogen-bond donors (Lipinski definition) is 1. The predicted molar refractivity (Wildman–Crippen MR) is 77.9 cm³/mol. The van der Waals surface area contributed by atoms with Crippen molar-refractivity contribution >= 4 is 17.6 Å². The summed E-state index contributed by atoms with van der Waals surface area (Å²) < 4.78 is 1.96. The van der Waals surface area contributed by atoms with Crippen LogP contribution in [0.25, 0.3) is 0 Å². The lowest BCUT2D eigenvalue weighted by Crippen LogP contribution is -2.36. The molecule has 0 radical (unpaired) electrons. The van der Waals surface area contributed by atoms with E-state index in [4.69, 9.17) is 16.7 Å². The largest absolute Gasteiger partial charge is 0.481 e. The van der Waals surface area contributed by atoms with Gasteiger partial charge in [0.15, 0.2) is 0 Å². The van der Waals surface area contributed by atoms with Crippen molar-refractivity contribution in [1.82, 2.24) is 14.7 Å². The predicted octanol–water partition coefficient (Wildman–Crippen LogP) is 2.42. The minimum absolute atomic E-state index is 0.191. The Hall–Kier alpha value is -1.07. The molecular weight excluding hydrogens is 278 g/mol. The molecule has 6 heteroatoms. The van der Waals surface area contributed by atoms with Crippen molar-refractivity contribution < 1.29 is 9.90 Å². The van der Waals surface area contributed by atoms with Crippen LogP contribution in [0.15, 0.2) is 0 Å². The molecule has 1 aromatic heterocycles. The average Bonchev–Trinajstić information content (AvgIpc) is 2.76. The lowest BCUT2D eigenvalue weighted by atomic mass is 9.97. The van der Waals surface area contributed by atoms with Crippen molar-refractivity contribution in [1.29, 1.82) is 0 Å². The minimum Gasteiger partial charge on any atom is -0.481 e. The van der Waals surface area contributed by atoms with Gasteiger partial charge in [-0.25, -0.2) is 0 Å². The normalized spacial score (nSPS) is 17.6. The van der Waals surface area contributed by atoms with Crippen molar-refractivity contribution in [3.8, 4) is 0 Å². The molecule has 1 aliphatic heterocycles. The monoisotopic (exact) mass is 299 g/mol. The van der Waals surface area contributed by atoms with Gasteiger partial charge in [-0.05, 0) is 39.3 Å². The van der Waals surface area contributed by atoms with Crippen LogP contribution in [-0.4, -0.2) is 38.8 Å². The number of carboxylic acid groups (broad SMARTS) is 1. The lowest BCUT2D eigenvalue weighted by molar-refractivity contribution is -0.143. The van der Waals surface area contributed by atoms with E-state index in [9.17, 15) is 4.79 Å². The first-order chi connectivity index (χ1) is 9.56. The number of aliphatic carboxylic acids is 1. The molecule has 0 unspecified atom stereocenters. The molecule has 0 spiro atoms. The summed E-state index contributed by atoms with van der Waals surface area (Å²) in [4.78, 5) is 13.2. The third-order valence-corrected chi connectivity index (χ3v) is 4.44. The van der Waals surface area contributed by atoms with E-state index in [1.54, 1.807) is 0 Å².